The van der Waals surface area contributed by atoms with Crippen molar-refractivity contribution in [2.45, 2.75) is 33.0 Å². The summed E-state index contributed by atoms with van der Waals surface area (Å²) in [5, 5.41) is 2.60. The summed E-state index contributed by atoms with van der Waals surface area (Å²) in [5.41, 5.74) is 0.0543. The molecular weight excluding hydrogens is 312 g/mol. The van der Waals surface area contributed by atoms with Crippen molar-refractivity contribution in [3.63, 3.8) is 0 Å². The first-order valence-corrected chi connectivity index (χ1v) is 7.00. The van der Waals surface area contributed by atoms with Crippen LogP contribution in [0.2, 0.25) is 0 Å². The zero-order valence-corrected chi connectivity index (χ0v) is 13.1. The Hall–Kier alpha value is -2.38. The van der Waals surface area contributed by atoms with E-state index in [1.165, 1.54) is 32.2 Å². The topological polar surface area (TPSA) is 73.9 Å². The van der Waals surface area contributed by atoms with Gasteiger partial charge in [-0.3, -0.25) is 4.79 Å². The SMILES string of the molecule is CCCNC(=O)[C@H](C)OC(=O)c1ccc(OC(F)F)c(OC)c1. The molecule has 1 aromatic rings. The summed E-state index contributed by atoms with van der Waals surface area (Å²) in [6.45, 7) is 0.804. The molecule has 0 fully saturated rings. The molecule has 0 spiro atoms. The third-order valence-electron chi connectivity index (χ3n) is 2.82. The number of alkyl halides is 2. The van der Waals surface area contributed by atoms with Gasteiger partial charge in [0.1, 0.15) is 0 Å². The molecular formula is C15H19F2NO5. The standard InChI is InChI=1S/C15H19F2NO5/c1-4-7-18-13(19)9(2)22-14(20)10-5-6-11(23-15(16)17)12(8-10)21-3/h5-6,8-9,15H,4,7H2,1-3H3,(H,18,19)/t9-/m0/s1. The predicted molar refractivity (Wildman–Crippen MR) is 77.8 cm³/mol. The van der Waals surface area contributed by atoms with Crippen LogP contribution in [0, 0.1) is 0 Å². The largest absolute Gasteiger partial charge is 0.493 e. The van der Waals surface area contributed by atoms with Gasteiger partial charge >= 0.3 is 12.6 Å². The molecule has 1 N–H and O–H groups in total. The number of hydrogen-bond acceptors (Lipinski definition) is 5. The van der Waals surface area contributed by atoms with Gasteiger partial charge in [-0.1, -0.05) is 6.92 Å². The van der Waals surface area contributed by atoms with Gasteiger partial charge < -0.3 is 19.5 Å². The van der Waals surface area contributed by atoms with Gasteiger partial charge in [0, 0.05) is 6.54 Å². The van der Waals surface area contributed by atoms with E-state index in [4.69, 9.17) is 9.47 Å². The van der Waals surface area contributed by atoms with Crippen LogP contribution in [0.3, 0.4) is 0 Å². The monoisotopic (exact) mass is 331 g/mol. The van der Waals surface area contributed by atoms with Crippen molar-refractivity contribution in [3.05, 3.63) is 23.8 Å². The molecule has 1 rings (SSSR count). The molecule has 0 aliphatic heterocycles. The van der Waals surface area contributed by atoms with Crippen LogP contribution < -0.4 is 14.8 Å². The van der Waals surface area contributed by atoms with Crippen LogP contribution in [0.1, 0.15) is 30.6 Å². The minimum absolute atomic E-state index is 0.0390. The first-order valence-electron chi connectivity index (χ1n) is 7.00. The van der Waals surface area contributed by atoms with Crippen LogP contribution in [-0.4, -0.2) is 38.2 Å². The molecule has 23 heavy (non-hydrogen) atoms. The van der Waals surface area contributed by atoms with Crippen molar-refractivity contribution >= 4 is 11.9 Å². The van der Waals surface area contributed by atoms with Crippen LogP contribution in [-0.2, 0) is 9.53 Å². The van der Waals surface area contributed by atoms with Gasteiger partial charge in [0.15, 0.2) is 17.6 Å². The summed E-state index contributed by atoms with van der Waals surface area (Å²) >= 11 is 0. The smallest absolute Gasteiger partial charge is 0.387 e. The van der Waals surface area contributed by atoms with Crippen molar-refractivity contribution in [1.82, 2.24) is 5.32 Å². The van der Waals surface area contributed by atoms with Gasteiger partial charge in [-0.05, 0) is 31.5 Å². The third kappa shape index (κ3) is 5.72. The molecule has 1 aromatic carbocycles. The number of methoxy groups -OCH3 is 1. The molecule has 0 heterocycles. The second kappa shape index (κ2) is 8.92. The number of amides is 1. The van der Waals surface area contributed by atoms with Crippen molar-refractivity contribution in [3.8, 4) is 11.5 Å². The van der Waals surface area contributed by atoms with Gasteiger partial charge in [0.2, 0.25) is 0 Å². The summed E-state index contributed by atoms with van der Waals surface area (Å²) in [6.07, 6.45) is -0.216. The Morgan fingerprint density at radius 2 is 1.96 bits per heavy atom. The van der Waals surface area contributed by atoms with Gasteiger partial charge in [0.25, 0.3) is 5.91 Å². The van der Waals surface area contributed by atoms with Crippen molar-refractivity contribution in [2.75, 3.05) is 13.7 Å². The van der Waals surface area contributed by atoms with E-state index >= 15 is 0 Å². The average molecular weight is 331 g/mol. The minimum Gasteiger partial charge on any atom is -0.493 e. The first kappa shape index (κ1) is 18.7. The quantitative estimate of drug-likeness (QED) is 0.740. The molecule has 0 aromatic heterocycles. The minimum atomic E-state index is -3.01. The Morgan fingerprint density at radius 1 is 1.26 bits per heavy atom. The molecule has 0 aliphatic carbocycles. The Kier molecular flexibility index (Phi) is 7.24. The molecule has 8 heteroatoms. The van der Waals surface area contributed by atoms with E-state index in [2.05, 4.69) is 10.1 Å². The van der Waals surface area contributed by atoms with E-state index in [9.17, 15) is 18.4 Å². The number of rotatable bonds is 8. The first-order chi connectivity index (χ1) is 10.9. The summed E-state index contributed by atoms with van der Waals surface area (Å²) in [5.74, 6) is -1.42. The summed E-state index contributed by atoms with van der Waals surface area (Å²) in [4.78, 5) is 23.6. The van der Waals surface area contributed by atoms with Gasteiger partial charge in [-0.2, -0.15) is 8.78 Å². The van der Waals surface area contributed by atoms with E-state index in [0.29, 0.717) is 6.54 Å². The Morgan fingerprint density at radius 3 is 2.52 bits per heavy atom. The highest BCUT2D eigenvalue weighted by atomic mass is 19.3. The fourth-order valence-corrected chi connectivity index (χ4v) is 1.66. The number of carbonyl (C=O) groups is 2. The Balaban J connectivity index is 2.78. The van der Waals surface area contributed by atoms with Crippen molar-refractivity contribution in [1.29, 1.82) is 0 Å². The Bertz CT molecular complexity index is 551. The fourth-order valence-electron chi connectivity index (χ4n) is 1.66. The third-order valence-corrected chi connectivity index (χ3v) is 2.82. The maximum Gasteiger partial charge on any atom is 0.387 e. The fraction of sp³-hybridized carbons (Fsp3) is 0.467. The lowest BCUT2D eigenvalue weighted by Crippen LogP contribution is -2.36. The van der Waals surface area contributed by atoms with Gasteiger partial charge in [-0.25, -0.2) is 4.79 Å². The zero-order valence-electron chi connectivity index (χ0n) is 13.1. The van der Waals surface area contributed by atoms with Crippen LogP contribution in [0.15, 0.2) is 18.2 Å². The van der Waals surface area contributed by atoms with E-state index < -0.39 is 24.6 Å². The molecule has 6 nitrogen and oxygen atoms in total. The molecule has 0 radical (unpaired) electrons. The zero-order chi connectivity index (χ0) is 17.4. The van der Waals surface area contributed by atoms with E-state index in [0.717, 1.165) is 6.42 Å². The summed E-state index contributed by atoms with van der Waals surface area (Å²) in [7, 11) is 1.25. The van der Waals surface area contributed by atoms with Crippen LogP contribution in [0.25, 0.3) is 0 Å². The van der Waals surface area contributed by atoms with Crippen molar-refractivity contribution in [2.24, 2.45) is 0 Å². The number of hydrogen-bond donors (Lipinski definition) is 1. The molecule has 0 aliphatic rings. The molecule has 0 unspecified atom stereocenters. The highest BCUT2D eigenvalue weighted by Crippen LogP contribution is 2.29. The normalized spacial score (nSPS) is 11.7. The second-order valence-corrected chi connectivity index (χ2v) is 4.58. The molecule has 128 valence electrons. The lowest BCUT2D eigenvalue weighted by Gasteiger charge is -2.14. The van der Waals surface area contributed by atoms with Crippen LogP contribution >= 0.6 is 0 Å². The molecule has 0 saturated heterocycles. The summed E-state index contributed by atoms with van der Waals surface area (Å²) < 4.78 is 38.7. The second-order valence-electron chi connectivity index (χ2n) is 4.58. The lowest BCUT2D eigenvalue weighted by atomic mass is 10.2. The number of esters is 1. The highest BCUT2D eigenvalue weighted by molar-refractivity contribution is 5.92. The van der Waals surface area contributed by atoms with Crippen LogP contribution in [0.5, 0.6) is 11.5 Å². The maximum absolute atomic E-state index is 12.2. The lowest BCUT2D eigenvalue weighted by molar-refractivity contribution is -0.129. The molecule has 0 saturated carbocycles. The van der Waals surface area contributed by atoms with E-state index in [1.807, 2.05) is 6.92 Å². The maximum atomic E-state index is 12.2. The predicted octanol–water partition coefficient (Wildman–Crippen LogP) is 2.37. The van der Waals surface area contributed by atoms with Crippen LogP contribution in [0.4, 0.5) is 8.78 Å². The number of benzene rings is 1. The number of ether oxygens (including phenoxy) is 3. The Labute approximate surface area is 132 Å². The number of nitrogens with one attached hydrogen (secondary N) is 1. The van der Waals surface area contributed by atoms with Gasteiger partial charge in [0.05, 0.1) is 12.7 Å². The van der Waals surface area contributed by atoms with E-state index in [-0.39, 0.29) is 17.1 Å². The highest BCUT2D eigenvalue weighted by Gasteiger charge is 2.20. The molecule has 1 atom stereocenters. The van der Waals surface area contributed by atoms with E-state index in [1.54, 1.807) is 0 Å². The number of carbonyl (C=O) groups excluding carboxylic acids is 2. The molecule has 0 bridgehead atoms. The van der Waals surface area contributed by atoms with Crippen molar-refractivity contribution < 1.29 is 32.6 Å². The summed E-state index contributed by atoms with van der Waals surface area (Å²) in [6, 6.07) is 3.62. The van der Waals surface area contributed by atoms with Gasteiger partial charge in [-0.15, -0.1) is 0 Å². The number of halogens is 2. The average Bonchev–Trinajstić information content (AvgIpc) is 2.52. The molecule has 1 amide bonds.